The summed E-state index contributed by atoms with van der Waals surface area (Å²) in [5.41, 5.74) is 4.10. The number of hydrogen-bond acceptors (Lipinski definition) is 3. The monoisotopic (exact) mass is 234 g/mol. The van der Waals surface area contributed by atoms with Crippen molar-refractivity contribution in [1.82, 2.24) is 5.32 Å². The minimum atomic E-state index is 0.248. The smallest absolute Gasteiger partial charge is 0.0468 e. The molecule has 17 heavy (non-hydrogen) atoms. The number of para-hydroxylation sites is 1. The highest BCUT2D eigenvalue weighted by atomic mass is 16.3. The van der Waals surface area contributed by atoms with Gasteiger partial charge in [-0.25, -0.2) is 0 Å². The van der Waals surface area contributed by atoms with Crippen LogP contribution in [0.15, 0.2) is 18.2 Å². The Bertz CT molecular complexity index is 365. The molecule has 1 aliphatic heterocycles. The first-order chi connectivity index (χ1) is 8.31. The van der Waals surface area contributed by atoms with Crippen LogP contribution >= 0.6 is 0 Å². The highest BCUT2D eigenvalue weighted by molar-refractivity contribution is 5.59. The topological polar surface area (TPSA) is 44.3 Å². The third-order valence-electron chi connectivity index (χ3n) is 3.28. The van der Waals surface area contributed by atoms with Gasteiger partial charge in [-0.05, 0) is 29.9 Å². The van der Waals surface area contributed by atoms with E-state index >= 15 is 0 Å². The first-order valence-electron chi connectivity index (χ1n) is 6.47. The summed E-state index contributed by atoms with van der Waals surface area (Å²) in [6, 6.07) is 6.52. The normalized spacial score (nSPS) is 16.1. The molecule has 1 heterocycles. The van der Waals surface area contributed by atoms with Crippen molar-refractivity contribution < 1.29 is 5.11 Å². The minimum Gasteiger partial charge on any atom is -0.396 e. The van der Waals surface area contributed by atoms with Crippen LogP contribution in [0.5, 0.6) is 0 Å². The van der Waals surface area contributed by atoms with Crippen molar-refractivity contribution in [2.45, 2.75) is 26.3 Å². The Morgan fingerprint density at radius 1 is 1.47 bits per heavy atom. The lowest BCUT2D eigenvalue weighted by molar-refractivity contribution is 0.233. The maximum absolute atomic E-state index is 8.97. The summed E-state index contributed by atoms with van der Waals surface area (Å²) in [5, 5.41) is 15.9. The lowest BCUT2D eigenvalue weighted by Crippen LogP contribution is -2.24. The average Bonchev–Trinajstić information content (AvgIpc) is 2.39. The quantitative estimate of drug-likeness (QED) is 0.727. The fourth-order valence-electron chi connectivity index (χ4n) is 2.25. The molecule has 2 rings (SSSR count). The molecule has 0 bridgehead atoms. The van der Waals surface area contributed by atoms with Crippen molar-refractivity contribution in [2.75, 3.05) is 25.0 Å². The molecule has 0 saturated heterocycles. The maximum atomic E-state index is 8.97. The molecule has 94 valence electrons. The number of anilines is 1. The van der Waals surface area contributed by atoms with E-state index in [1.54, 1.807) is 0 Å². The first-order valence-corrected chi connectivity index (χ1v) is 6.47. The van der Waals surface area contributed by atoms with Crippen LogP contribution in [-0.4, -0.2) is 24.8 Å². The molecular formula is C14H22N2O. The van der Waals surface area contributed by atoms with Gasteiger partial charge in [0, 0.05) is 31.9 Å². The molecule has 0 fully saturated rings. The molecule has 0 spiro atoms. The fraction of sp³-hybridized carbons (Fsp3) is 0.571. The van der Waals surface area contributed by atoms with E-state index in [0.717, 1.165) is 19.6 Å². The highest BCUT2D eigenvalue weighted by Crippen LogP contribution is 2.25. The van der Waals surface area contributed by atoms with Crippen LogP contribution in [0.25, 0.3) is 0 Å². The van der Waals surface area contributed by atoms with Crippen molar-refractivity contribution >= 4 is 5.69 Å². The molecular weight excluding hydrogens is 212 g/mol. The summed E-state index contributed by atoms with van der Waals surface area (Å²) in [6.07, 6.45) is 2.41. The average molecular weight is 234 g/mol. The van der Waals surface area contributed by atoms with Crippen LogP contribution in [0.1, 0.15) is 24.5 Å². The molecule has 0 radical (unpaired) electrons. The van der Waals surface area contributed by atoms with E-state index in [1.165, 1.54) is 29.7 Å². The third kappa shape index (κ3) is 3.20. The van der Waals surface area contributed by atoms with Gasteiger partial charge in [0.1, 0.15) is 0 Å². The van der Waals surface area contributed by atoms with Crippen LogP contribution in [-0.2, 0) is 13.0 Å². The number of hydrogen-bond donors (Lipinski definition) is 3. The van der Waals surface area contributed by atoms with Crippen molar-refractivity contribution in [3.8, 4) is 0 Å². The lowest BCUT2D eigenvalue weighted by atomic mass is 9.99. The van der Waals surface area contributed by atoms with Gasteiger partial charge in [-0.2, -0.15) is 0 Å². The number of rotatable bonds is 5. The van der Waals surface area contributed by atoms with E-state index in [-0.39, 0.29) is 6.61 Å². The predicted molar refractivity (Wildman–Crippen MR) is 71.2 cm³/mol. The molecule has 1 aromatic rings. The molecule has 0 amide bonds. The van der Waals surface area contributed by atoms with Gasteiger partial charge in [-0.3, -0.25) is 0 Å². The SMILES string of the molecule is CC(CO)CNCc1cccc2c1NCCC2. The standard InChI is InChI=1S/C14H22N2O/c1-11(10-17)8-15-9-13-5-2-4-12-6-3-7-16-14(12)13/h2,4-5,11,15-17H,3,6-10H2,1H3. The number of aryl methyl sites for hydroxylation is 1. The summed E-state index contributed by atoms with van der Waals surface area (Å²) in [5.74, 6) is 0.322. The second-order valence-corrected chi connectivity index (χ2v) is 4.90. The largest absolute Gasteiger partial charge is 0.396 e. The van der Waals surface area contributed by atoms with Crippen molar-refractivity contribution in [3.05, 3.63) is 29.3 Å². The second kappa shape index (κ2) is 6.03. The van der Waals surface area contributed by atoms with Gasteiger partial charge in [-0.1, -0.05) is 25.1 Å². The Morgan fingerprint density at radius 2 is 2.35 bits per heavy atom. The van der Waals surface area contributed by atoms with Gasteiger partial charge in [-0.15, -0.1) is 0 Å². The van der Waals surface area contributed by atoms with Crippen molar-refractivity contribution in [1.29, 1.82) is 0 Å². The van der Waals surface area contributed by atoms with Crippen molar-refractivity contribution in [3.63, 3.8) is 0 Å². The Labute approximate surface area is 103 Å². The molecule has 0 aliphatic carbocycles. The van der Waals surface area contributed by atoms with E-state index in [2.05, 4.69) is 28.8 Å². The molecule has 3 nitrogen and oxygen atoms in total. The predicted octanol–water partition coefficient (Wildman–Crippen LogP) is 1.76. The highest BCUT2D eigenvalue weighted by Gasteiger charge is 2.11. The maximum Gasteiger partial charge on any atom is 0.0468 e. The van der Waals surface area contributed by atoms with Crippen LogP contribution < -0.4 is 10.6 Å². The van der Waals surface area contributed by atoms with Crippen LogP contribution in [0.2, 0.25) is 0 Å². The van der Waals surface area contributed by atoms with Crippen molar-refractivity contribution in [2.24, 2.45) is 5.92 Å². The lowest BCUT2D eigenvalue weighted by Gasteiger charge is -2.21. The Balaban J connectivity index is 1.96. The van der Waals surface area contributed by atoms with E-state index in [1.807, 2.05) is 6.92 Å². The molecule has 0 saturated carbocycles. The van der Waals surface area contributed by atoms with E-state index in [4.69, 9.17) is 5.11 Å². The number of fused-ring (bicyclic) bond motifs is 1. The first kappa shape index (κ1) is 12.4. The van der Waals surface area contributed by atoms with Gasteiger partial charge in [0.25, 0.3) is 0 Å². The summed E-state index contributed by atoms with van der Waals surface area (Å²) in [6.45, 7) is 5.11. The molecule has 1 atom stereocenters. The van der Waals surface area contributed by atoms with Crippen LogP contribution in [0.3, 0.4) is 0 Å². The number of aliphatic hydroxyl groups excluding tert-OH is 1. The van der Waals surface area contributed by atoms with E-state index in [9.17, 15) is 0 Å². The number of aliphatic hydroxyl groups is 1. The summed E-state index contributed by atoms with van der Waals surface area (Å²) in [4.78, 5) is 0. The molecule has 1 unspecified atom stereocenters. The zero-order valence-electron chi connectivity index (χ0n) is 10.5. The minimum absolute atomic E-state index is 0.248. The summed E-state index contributed by atoms with van der Waals surface area (Å²) < 4.78 is 0. The summed E-state index contributed by atoms with van der Waals surface area (Å²) in [7, 11) is 0. The third-order valence-corrected chi connectivity index (χ3v) is 3.28. The van der Waals surface area contributed by atoms with Gasteiger partial charge in [0.2, 0.25) is 0 Å². The molecule has 0 aromatic heterocycles. The number of benzene rings is 1. The Kier molecular flexibility index (Phi) is 4.40. The summed E-state index contributed by atoms with van der Waals surface area (Å²) >= 11 is 0. The molecule has 1 aliphatic rings. The zero-order valence-corrected chi connectivity index (χ0v) is 10.5. The van der Waals surface area contributed by atoms with Gasteiger partial charge < -0.3 is 15.7 Å². The van der Waals surface area contributed by atoms with Crippen LogP contribution in [0, 0.1) is 5.92 Å². The van der Waals surface area contributed by atoms with Gasteiger partial charge in [0.05, 0.1) is 0 Å². The van der Waals surface area contributed by atoms with Gasteiger partial charge in [0.15, 0.2) is 0 Å². The Hall–Kier alpha value is -1.06. The molecule has 1 aromatic carbocycles. The fourth-order valence-corrected chi connectivity index (χ4v) is 2.25. The Morgan fingerprint density at radius 3 is 3.18 bits per heavy atom. The number of nitrogens with one attached hydrogen (secondary N) is 2. The van der Waals surface area contributed by atoms with Gasteiger partial charge >= 0.3 is 0 Å². The van der Waals surface area contributed by atoms with E-state index < -0.39 is 0 Å². The molecule has 3 heteroatoms. The zero-order chi connectivity index (χ0) is 12.1. The second-order valence-electron chi connectivity index (χ2n) is 4.90. The van der Waals surface area contributed by atoms with Crippen LogP contribution in [0.4, 0.5) is 5.69 Å². The molecule has 3 N–H and O–H groups in total. The van der Waals surface area contributed by atoms with E-state index in [0.29, 0.717) is 5.92 Å².